The van der Waals surface area contributed by atoms with E-state index in [1.54, 1.807) is 12.1 Å². The third kappa shape index (κ3) is 2.34. The normalized spacial score (nSPS) is 26.8. The fourth-order valence-electron chi connectivity index (χ4n) is 3.55. The smallest absolute Gasteiger partial charge is 0.270 e. The van der Waals surface area contributed by atoms with Gasteiger partial charge in [-0.3, -0.25) is 4.79 Å². The molecular weight excluding hydrogens is 280 g/mol. The monoisotopic (exact) mass is 296 g/mol. The maximum Gasteiger partial charge on any atom is 0.270 e. The quantitative estimate of drug-likeness (QED) is 0.908. The van der Waals surface area contributed by atoms with E-state index in [0.717, 1.165) is 24.9 Å². The molecule has 1 amide bonds. The van der Waals surface area contributed by atoms with Crippen molar-refractivity contribution in [2.24, 2.45) is 5.92 Å². The lowest BCUT2D eigenvalue weighted by atomic mass is 9.97. The van der Waals surface area contributed by atoms with Gasteiger partial charge in [0.15, 0.2) is 5.58 Å². The lowest BCUT2D eigenvalue weighted by molar-refractivity contribution is 0.0904. The zero-order valence-corrected chi connectivity index (χ0v) is 12.1. The number of nitriles is 1. The number of piperidine rings is 1. The number of hydrogen-bond donors (Lipinski definition) is 1. The maximum atomic E-state index is 12.4. The fourth-order valence-corrected chi connectivity index (χ4v) is 3.55. The first kappa shape index (κ1) is 13.3. The van der Waals surface area contributed by atoms with Gasteiger partial charge in [-0.1, -0.05) is 0 Å². The van der Waals surface area contributed by atoms with E-state index >= 15 is 0 Å². The molecular formula is C16H16N4O2. The molecule has 4 heterocycles. The van der Waals surface area contributed by atoms with Crippen molar-refractivity contribution in [1.29, 1.82) is 5.26 Å². The van der Waals surface area contributed by atoms with Crippen LogP contribution in [-0.4, -0.2) is 41.5 Å². The molecule has 4 rings (SSSR count). The molecule has 0 aromatic carbocycles. The lowest BCUT2D eigenvalue weighted by Crippen LogP contribution is -2.47. The van der Waals surface area contributed by atoms with Crippen molar-refractivity contribution in [1.82, 2.24) is 15.2 Å². The molecule has 0 radical (unpaired) electrons. The van der Waals surface area contributed by atoms with Gasteiger partial charge in [0.1, 0.15) is 11.8 Å². The van der Waals surface area contributed by atoms with Crippen LogP contribution in [0.15, 0.2) is 22.7 Å². The molecule has 2 aliphatic rings. The Morgan fingerprint density at radius 2 is 2.36 bits per heavy atom. The summed E-state index contributed by atoms with van der Waals surface area (Å²) in [6.07, 6.45) is 3.79. The van der Waals surface area contributed by atoms with Crippen LogP contribution < -0.4 is 5.32 Å². The van der Waals surface area contributed by atoms with Crippen molar-refractivity contribution in [3.05, 3.63) is 29.8 Å². The maximum absolute atomic E-state index is 12.4. The lowest BCUT2D eigenvalue weighted by Gasteiger charge is -2.30. The van der Waals surface area contributed by atoms with Gasteiger partial charge >= 0.3 is 0 Å². The van der Waals surface area contributed by atoms with Gasteiger partial charge in [-0.15, -0.1) is 0 Å². The van der Waals surface area contributed by atoms with Crippen LogP contribution in [0.5, 0.6) is 0 Å². The predicted molar refractivity (Wildman–Crippen MR) is 79.1 cm³/mol. The average Bonchev–Trinajstić information content (AvgIpc) is 3.09. The summed E-state index contributed by atoms with van der Waals surface area (Å²) in [6, 6.07) is 5.44. The summed E-state index contributed by atoms with van der Waals surface area (Å²) in [5, 5.41) is 12.6. The number of carbonyl (C=O) groups is 1. The van der Waals surface area contributed by atoms with Crippen LogP contribution in [0.25, 0.3) is 11.0 Å². The predicted octanol–water partition coefficient (Wildman–Crippen LogP) is 1.52. The van der Waals surface area contributed by atoms with E-state index in [0.29, 0.717) is 17.2 Å². The molecule has 3 atom stereocenters. The third-order valence-electron chi connectivity index (χ3n) is 4.55. The summed E-state index contributed by atoms with van der Waals surface area (Å²) in [7, 11) is 0. The second-order valence-electron chi connectivity index (χ2n) is 6.15. The topological polar surface area (TPSA) is 82.2 Å². The number of aromatic nitrogens is 1. The van der Waals surface area contributed by atoms with Crippen LogP contribution in [0.1, 0.15) is 29.1 Å². The van der Waals surface area contributed by atoms with Crippen LogP contribution in [0.3, 0.4) is 0 Å². The molecule has 2 bridgehead atoms. The molecule has 2 fully saturated rings. The summed E-state index contributed by atoms with van der Waals surface area (Å²) in [5.41, 5.74) is 0.889. The minimum Gasteiger partial charge on any atom is -0.444 e. The molecule has 0 spiro atoms. The zero-order chi connectivity index (χ0) is 15.1. The first-order valence-electron chi connectivity index (χ1n) is 7.54. The van der Waals surface area contributed by atoms with Gasteiger partial charge in [0.05, 0.1) is 6.20 Å². The third-order valence-corrected chi connectivity index (χ3v) is 4.55. The fraction of sp³-hybridized carbons (Fsp3) is 0.438. The summed E-state index contributed by atoms with van der Waals surface area (Å²) in [6.45, 7) is 3.24. The number of fused-ring (bicyclic) bond motifs is 3. The minimum absolute atomic E-state index is 0.158. The molecule has 6 nitrogen and oxygen atoms in total. The summed E-state index contributed by atoms with van der Waals surface area (Å²) in [5.74, 6) is 0.779. The van der Waals surface area contributed by atoms with Crippen LogP contribution in [0, 0.1) is 17.2 Å². The van der Waals surface area contributed by atoms with Gasteiger partial charge in [-0.05, 0) is 31.4 Å². The number of amides is 1. The molecule has 0 saturated carbocycles. The number of rotatable bonds is 2. The van der Waals surface area contributed by atoms with Gasteiger partial charge in [0.25, 0.3) is 5.91 Å². The van der Waals surface area contributed by atoms with E-state index in [9.17, 15) is 4.79 Å². The second-order valence-corrected chi connectivity index (χ2v) is 6.15. The van der Waals surface area contributed by atoms with Gasteiger partial charge in [0.2, 0.25) is 5.76 Å². The van der Waals surface area contributed by atoms with Crippen molar-refractivity contribution < 1.29 is 9.21 Å². The van der Waals surface area contributed by atoms with Crippen LogP contribution >= 0.6 is 0 Å². The standard InChI is InChI=1S/C16H16N4O2/c17-6-13-4-11-5-14(18-7-15(11)22-13)16(21)19-12-3-10-1-2-20(8-10)9-12/h4-5,7,10,12H,1-3,8-9H2,(H,19,21)/t10-,12+/m0/s1. The Morgan fingerprint density at radius 1 is 1.45 bits per heavy atom. The SMILES string of the molecule is N#Cc1cc2cc(C(=O)N[C@@H]3C[C@@H]4CCN(C4)C3)ncc2o1. The Bertz CT molecular complexity index is 764. The first-order valence-corrected chi connectivity index (χ1v) is 7.54. The van der Waals surface area contributed by atoms with E-state index in [4.69, 9.17) is 9.68 Å². The van der Waals surface area contributed by atoms with Crippen LogP contribution in [-0.2, 0) is 0 Å². The molecule has 0 aliphatic carbocycles. The second kappa shape index (κ2) is 5.11. The zero-order valence-electron chi connectivity index (χ0n) is 12.1. The Morgan fingerprint density at radius 3 is 3.18 bits per heavy atom. The number of nitrogens with one attached hydrogen (secondary N) is 1. The minimum atomic E-state index is -0.158. The summed E-state index contributed by atoms with van der Waals surface area (Å²) >= 11 is 0. The van der Waals surface area contributed by atoms with E-state index in [1.165, 1.54) is 19.2 Å². The van der Waals surface area contributed by atoms with Gasteiger partial charge in [-0.2, -0.15) is 5.26 Å². The molecule has 112 valence electrons. The van der Waals surface area contributed by atoms with E-state index < -0.39 is 0 Å². The number of carbonyl (C=O) groups excluding carboxylic acids is 1. The Hall–Kier alpha value is -2.39. The van der Waals surface area contributed by atoms with Crippen molar-refractivity contribution >= 4 is 16.9 Å². The van der Waals surface area contributed by atoms with Crippen molar-refractivity contribution in [2.45, 2.75) is 18.9 Å². The molecule has 1 unspecified atom stereocenters. The van der Waals surface area contributed by atoms with Gasteiger partial charge < -0.3 is 14.6 Å². The Balaban J connectivity index is 1.51. The highest BCUT2D eigenvalue weighted by molar-refractivity contribution is 5.95. The van der Waals surface area contributed by atoms with Gasteiger partial charge in [-0.25, -0.2) is 4.98 Å². The van der Waals surface area contributed by atoms with Crippen molar-refractivity contribution in [3.8, 4) is 6.07 Å². The number of nitrogens with zero attached hydrogens (tertiary/aromatic N) is 3. The molecule has 6 heteroatoms. The number of hydrogen-bond acceptors (Lipinski definition) is 5. The van der Waals surface area contributed by atoms with E-state index in [1.807, 2.05) is 6.07 Å². The van der Waals surface area contributed by atoms with E-state index in [2.05, 4.69) is 15.2 Å². The molecule has 2 aromatic rings. The molecule has 1 N–H and O–H groups in total. The number of pyridine rings is 1. The van der Waals surface area contributed by atoms with Crippen molar-refractivity contribution in [3.63, 3.8) is 0 Å². The highest BCUT2D eigenvalue weighted by Gasteiger charge is 2.33. The van der Waals surface area contributed by atoms with Crippen LogP contribution in [0.4, 0.5) is 0 Å². The summed E-state index contributed by atoms with van der Waals surface area (Å²) < 4.78 is 5.28. The highest BCUT2D eigenvalue weighted by atomic mass is 16.3. The highest BCUT2D eigenvalue weighted by Crippen LogP contribution is 2.27. The van der Waals surface area contributed by atoms with Crippen molar-refractivity contribution in [2.75, 3.05) is 19.6 Å². The van der Waals surface area contributed by atoms with Crippen LogP contribution in [0.2, 0.25) is 0 Å². The summed E-state index contributed by atoms with van der Waals surface area (Å²) in [4.78, 5) is 18.9. The average molecular weight is 296 g/mol. The Labute approximate surface area is 127 Å². The van der Waals surface area contributed by atoms with Gasteiger partial charge in [0, 0.05) is 30.6 Å². The molecule has 2 aliphatic heterocycles. The van der Waals surface area contributed by atoms with E-state index in [-0.39, 0.29) is 17.7 Å². The number of furan rings is 1. The molecule has 2 aromatic heterocycles. The first-order chi connectivity index (χ1) is 10.7. The Kier molecular flexibility index (Phi) is 3.09. The molecule has 2 saturated heterocycles. The molecule has 22 heavy (non-hydrogen) atoms. The largest absolute Gasteiger partial charge is 0.444 e.